The number of rotatable bonds is 8. The van der Waals surface area contributed by atoms with Gasteiger partial charge in [-0.2, -0.15) is 0 Å². The van der Waals surface area contributed by atoms with Gasteiger partial charge in [-0.05, 0) is 6.42 Å². The first-order chi connectivity index (χ1) is 5.41. The molecule has 0 unspecified atom stereocenters. The molecule has 0 aliphatic carbocycles. The zero-order valence-electron chi connectivity index (χ0n) is 7.92. The molecule has 0 heterocycles. The summed E-state index contributed by atoms with van der Waals surface area (Å²) in [5.74, 6) is 0. The average Bonchev–Trinajstić information content (AvgIpc) is 2.03. The van der Waals surface area contributed by atoms with Gasteiger partial charge >= 0.3 is 0 Å². The van der Waals surface area contributed by atoms with Gasteiger partial charge in [0.25, 0.3) is 0 Å². The van der Waals surface area contributed by atoms with Crippen LogP contribution in [0.15, 0.2) is 0 Å². The van der Waals surface area contributed by atoms with Crippen LogP contribution in [0.5, 0.6) is 0 Å². The molecule has 76 valence electrons. The van der Waals surface area contributed by atoms with Gasteiger partial charge in [-0.1, -0.05) is 13.3 Å². The maximum absolute atomic E-state index is 8.34. The molecule has 0 aromatic heterocycles. The molecule has 0 aliphatic heterocycles. The summed E-state index contributed by atoms with van der Waals surface area (Å²) in [6, 6.07) is 0. The highest BCUT2D eigenvalue weighted by Gasteiger charge is 1.87. The maximum Gasteiger partial charge on any atom is 0.0701 e. The van der Waals surface area contributed by atoms with E-state index in [0.717, 1.165) is 19.4 Å². The second-order valence-corrected chi connectivity index (χ2v) is 2.30. The lowest BCUT2D eigenvalue weighted by Gasteiger charge is -2.02. The Morgan fingerprint density at radius 2 is 1.58 bits per heavy atom. The predicted molar refractivity (Wildman–Crippen MR) is 48.7 cm³/mol. The fourth-order valence-corrected chi connectivity index (χ4v) is 0.633. The summed E-state index contributed by atoms with van der Waals surface area (Å²) >= 11 is 0. The van der Waals surface area contributed by atoms with Gasteiger partial charge in [-0.3, -0.25) is 0 Å². The molecule has 0 saturated carbocycles. The van der Waals surface area contributed by atoms with E-state index in [9.17, 15) is 0 Å². The van der Waals surface area contributed by atoms with Crippen LogP contribution < -0.4 is 6.15 Å². The van der Waals surface area contributed by atoms with Gasteiger partial charge in [0.1, 0.15) is 0 Å². The van der Waals surface area contributed by atoms with Crippen molar-refractivity contribution >= 4 is 0 Å². The summed E-state index contributed by atoms with van der Waals surface area (Å²) in [7, 11) is 0. The van der Waals surface area contributed by atoms with Crippen molar-refractivity contribution in [3.8, 4) is 0 Å². The van der Waals surface area contributed by atoms with Crippen molar-refractivity contribution in [1.29, 1.82) is 0 Å². The number of hydrogen-bond donors (Lipinski definition) is 2. The number of unbranched alkanes of at least 4 members (excludes halogenated alkanes) is 1. The number of aliphatic hydroxyl groups excluding tert-OH is 1. The fraction of sp³-hybridized carbons (Fsp3) is 1.00. The minimum absolute atomic E-state index is 0. The summed E-state index contributed by atoms with van der Waals surface area (Å²) < 4.78 is 10.2. The van der Waals surface area contributed by atoms with Gasteiger partial charge in [-0.15, -0.1) is 0 Å². The number of aliphatic hydroxyl groups is 1. The number of hydrogen-bond acceptors (Lipinski definition) is 4. The Labute approximate surface area is 74.5 Å². The Bertz CT molecular complexity index is 63.3. The molecule has 12 heavy (non-hydrogen) atoms. The predicted octanol–water partition coefficient (Wildman–Crippen LogP) is 0.974. The molecular weight excluding hydrogens is 158 g/mol. The summed E-state index contributed by atoms with van der Waals surface area (Å²) in [5.41, 5.74) is 0. The summed E-state index contributed by atoms with van der Waals surface area (Å²) in [4.78, 5) is 0. The van der Waals surface area contributed by atoms with E-state index in [0.29, 0.717) is 19.8 Å². The van der Waals surface area contributed by atoms with E-state index in [-0.39, 0.29) is 12.8 Å². The molecule has 4 heteroatoms. The largest absolute Gasteiger partial charge is 0.394 e. The summed E-state index contributed by atoms with van der Waals surface area (Å²) in [5, 5.41) is 8.34. The van der Waals surface area contributed by atoms with Crippen LogP contribution in [0.25, 0.3) is 0 Å². The zero-order chi connectivity index (χ0) is 8.36. The summed E-state index contributed by atoms with van der Waals surface area (Å²) in [6.45, 7) is 4.68. The average molecular weight is 179 g/mol. The van der Waals surface area contributed by atoms with Crippen molar-refractivity contribution in [2.75, 3.05) is 33.0 Å². The Balaban J connectivity index is 0. The first-order valence-corrected chi connectivity index (χ1v) is 4.18. The van der Waals surface area contributed by atoms with Crippen LogP contribution in [0.3, 0.4) is 0 Å². The molecule has 0 aromatic rings. The first kappa shape index (κ1) is 14.4. The minimum Gasteiger partial charge on any atom is -0.394 e. The van der Waals surface area contributed by atoms with Gasteiger partial charge in [0.15, 0.2) is 0 Å². The molecule has 0 aliphatic rings. The van der Waals surface area contributed by atoms with Crippen LogP contribution in [-0.2, 0) is 9.47 Å². The molecule has 0 atom stereocenters. The van der Waals surface area contributed by atoms with Gasteiger partial charge in [0, 0.05) is 6.61 Å². The topological polar surface area (TPSA) is 73.7 Å². The third kappa shape index (κ3) is 12.5. The van der Waals surface area contributed by atoms with Crippen molar-refractivity contribution in [2.45, 2.75) is 19.8 Å². The van der Waals surface area contributed by atoms with Crippen LogP contribution in [0.1, 0.15) is 19.8 Å². The molecule has 4 nitrogen and oxygen atoms in total. The monoisotopic (exact) mass is 179 g/mol. The Morgan fingerprint density at radius 1 is 1.00 bits per heavy atom. The molecule has 0 rings (SSSR count). The Morgan fingerprint density at radius 3 is 2.08 bits per heavy atom. The van der Waals surface area contributed by atoms with Crippen LogP contribution in [0.4, 0.5) is 0 Å². The van der Waals surface area contributed by atoms with Crippen LogP contribution in [-0.4, -0.2) is 38.1 Å². The maximum atomic E-state index is 8.34. The van der Waals surface area contributed by atoms with Crippen LogP contribution >= 0.6 is 0 Å². The molecule has 0 spiro atoms. The summed E-state index contributed by atoms with van der Waals surface area (Å²) in [6.07, 6.45) is 2.28. The Kier molecular flexibility index (Phi) is 16.1. The van der Waals surface area contributed by atoms with Crippen molar-refractivity contribution in [3.63, 3.8) is 0 Å². The molecular formula is C8H21NO3. The Hall–Kier alpha value is -0.160. The third-order valence-electron chi connectivity index (χ3n) is 1.25. The standard InChI is InChI=1S/C8H18O3.H3N/c1-2-3-5-10-7-8-11-6-4-9;/h9H,2-8H2,1H3;1H3. The van der Waals surface area contributed by atoms with Gasteiger partial charge in [0.2, 0.25) is 0 Å². The van der Waals surface area contributed by atoms with Crippen molar-refractivity contribution in [2.24, 2.45) is 0 Å². The van der Waals surface area contributed by atoms with Crippen molar-refractivity contribution in [1.82, 2.24) is 6.15 Å². The smallest absolute Gasteiger partial charge is 0.0701 e. The van der Waals surface area contributed by atoms with E-state index >= 15 is 0 Å². The highest BCUT2D eigenvalue weighted by molar-refractivity contribution is 4.33. The highest BCUT2D eigenvalue weighted by atomic mass is 16.5. The third-order valence-corrected chi connectivity index (χ3v) is 1.25. The molecule has 0 amide bonds. The van der Waals surface area contributed by atoms with Crippen molar-refractivity contribution < 1.29 is 14.6 Å². The van der Waals surface area contributed by atoms with Crippen molar-refractivity contribution in [3.05, 3.63) is 0 Å². The van der Waals surface area contributed by atoms with E-state index in [1.165, 1.54) is 0 Å². The van der Waals surface area contributed by atoms with Gasteiger partial charge < -0.3 is 20.7 Å². The minimum atomic E-state index is 0. The highest BCUT2D eigenvalue weighted by Crippen LogP contribution is 1.87. The second kappa shape index (κ2) is 13.4. The van der Waals surface area contributed by atoms with E-state index in [2.05, 4.69) is 6.92 Å². The molecule has 0 saturated heterocycles. The molecule has 0 fully saturated rings. The van der Waals surface area contributed by atoms with Gasteiger partial charge in [0.05, 0.1) is 26.4 Å². The molecule has 0 radical (unpaired) electrons. The number of ether oxygens (including phenoxy) is 2. The quantitative estimate of drug-likeness (QED) is 0.544. The molecule has 0 aromatic carbocycles. The molecule has 4 N–H and O–H groups in total. The molecule has 0 bridgehead atoms. The van der Waals surface area contributed by atoms with E-state index in [4.69, 9.17) is 14.6 Å². The van der Waals surface area contributed by atoms with E-state index in [1.807, 2.05) is 0 Å². The van der Waals surface area contributed by atoms with Gasteiger partial charge in [-0.25, -0.2) is 0 Å². The fourth-order valence-electron chi connectivity index (χ4n) is 0.633. The van der Waals surface area contributed by atoms with E-state index in [1.54, 1.807) is 0 Å². The second-order valence-electron chi connectivity index (χ2n) is 2.30. The van der Waals surface area contributed by atoms with Crippen LogP contribution in [0, 0.1) is 0 Å². The zero-order valence-corrected chi connectivity index (χ0v) is 7.92. The van der Waals surface area contributed by atoms with E-state index < -0.39 is 0 Å². The van der Waals surface area contributed by atoms with Crippen LogP contribution in [0.2, 0.25) is 0 Å². The lowest BCUT2D eigenvalue weighted by molar-refractivity contribution is 0.0324. The lowest BCUT2D eigenvalue weighted by atomic mass is 10.4. The first-order valence-electron chi connectivity index (χ1n) is 4.18. The lowest BCUT2D eigenvalue weighted by Crippen LogP contribution is -2.07. The normalized spacial score (nSPS) is 9.50. The SMILES string of the molecule is CCCCOCCOCCO.N.